The molecule has 10 nitrogen and oxygen atoms in total. The third-order valence-electron chi connectivity index (χ3n) is 5.95. The van der Waals surface area contributed by atoms with Crippen LogP contribution in [0, 0.1) is 5.92 Å². The SMILES string of the molecule is CC[C@@H](NC(=O)N1C(=O)[C@H](Cc2ccnc(N)c2)[C@H]1C(=O)N(C)c1cccs1)c1ccn(C)n1. The molecule has 178 valence electrons. The van der Waals surface area contributed by atoms with E-state index in [1.54, 1.807) is 43.3 Å². The highest BCUT2D eigenvalue weighted by molar-refractivity contribution is 7.14. The predicted molar refractivity (Wildman–Crippen MR) is 129 cm³/mol. The van der Waals surface area contributed by atoms with Gasteiger partial charge in [0.25, 0.3) is 5.91 Å². The van der Waals surface area contributed by atoms with Gasteiger partial charge in [-0.05, 0) is 54.1 Å². The first-order valence-corrected chi connectivity index (χ1v) is 11.8. The van der Waals surface area contributed by atoms with Crippen LogP contribution in [-0.4, -0.2) is 50.6 Å². The first-order chi connectivity index (χ1) is 16.3. The normalized spacial score (nSPS) is 18.3. The molecule has 0 unspecified atom stereocenters. The standard InChI is InChI=1S/C23H27N7O3S/c1-4-16(17-8-10-28(2)27-17)26-23(33)30-20(22(32)29(3)19-6-5-11-34-19)15(21(30)31)12-14-7-9-25-18(24)13-14/h5-11,13,15-16,20H,4,12H2,1-3H3,(H2,24,25)(H,26,33)/t15-,16-,20+/m1/s1. The third kappa shape index (κ3) is 4.51. The van der Waals surface area contributed by atoms with Crippen LogP contribution in [0.5, 0.6) is 0 Å². The van der Waals surface area contributed by atoms with Crippen LogP contribution >= 0.6 is 11.3 Å². The number of hydrogen-bond donors (Lipinski definition) is 2. The molecule has 0 bridgehead atoms. The molecule has 0 aliphatic carbocycles. The molecule has 3 aromatic rings. The number of urea groups is 1. The molecule has 1 saturated heterocycles. The first kappa shape index (κ1) is 23.4. The molecule has 4 rings (SSSR count). The highest BCUT2D eigenvalue weighted by Gasteiger charge is 2.55. The van der Waals surface area contributed by atoms with Crippen LogP contribution in [0.4, 0.5) is 15.6 Å². The van der Waals surface area contributed by atoms with Gasteiger partial charge in [0.1, 0.15) is 11.9 Å². The van der Waals surface area contributed by atoms with Crippen LogP contribution in [0.2, 0.25) is 0 Å². The zero-order valence-electron chi connectivity index (χ0n) is 19.2. The van der Waals surface area contributed by atoms with Gasteiger partial charge in [0.2, 0.25) is 5.91 Å². The number of hydrogen-bond acceptors (Lipinski definition) is 7. The van der Waals surface area contributed by atoms with E-state index in [0.29, 0.717) is 17.9 Å². The van der Waals surface area contributed by atoms with Crippen molar-refractivity contribution in [3.05, 3.63) is 59.4 Å². The number of rotatable bonds is 7. The van der Waals surface area contributed by atoms with Gasteiger partial charge in [-0.3, -0.25) is 19.2 Å². The van der Waals surface area contributed by atoms with Crippen molar-refractivity contribution in [2.75, 3.05) is 17.7 Å². The number of likely N-dealkylation sites (tertiary alicyclic amines) is 1. The number of β-lactam (4-membered cyclic amide) rings is 1. The largest absolute Gasteiger partial charge is 0.384 e. The second-order valence-corrected chi connectivity index (χ2v) is 9.15. The van der Waals surface area contributed by atoms with E-state index in [9.17, 15) is 14.4 Å². The van der Waals surface area contributed by atoms with Gasteiger partial charge in [0.05, 0.1) is 22.7 Å². The first-order valence-electron chi connectivity index (χ1n) is 10.9. The van der Waals surface area contributed by atoms with Crippen LogP contribution < -0.4 is 16.0 Å². The van der Waals surface area contributed by atoms with E-state index >= 15 is 0 Å². The summed E-state index contributed by atoms with van der Waals surface area (Å²) in [5.41, 5.74) is 7.25. The molecule has 1 aliphatic heterocycles. The number of thiophene rings is 1. The summed E-state index contributed by atoms with van der Waals surface area (Å²) in [6.07, 6.45) is 4.21. The summed E-state index contributed by atoms with van der Waals surface area (Å²) in [7, 11) is 3.44. The Morgan fingerprint density at radius 2 is 2.12 bits per heavy atom. The van der Waals surface area contributed by atoms with Gasteiger partial charge in [-0.1, -0.05) is 6.92 Å². The number of nitrogen functional groups attached to an aromatic ring is 1. The minimum atomic E-state index is -0.935. The smallest absolute Gasteiger partial charge is 0.325 e. The summed E-state index contributed by atoms with van der Waals surface area (Å²) >= 11 is 1.41. The quantitative estimate of drug-likeness (QED) is 0.499. The van der Waals surface area contributed by atoms with Crippen molar-refractivity contribution in [3.8, 4) is 0 Å². The van der Waals surface area contributed by atoms with Gasteiger partial charge in [-0.25, -0.2) is 9.78 Å². The molecule has 11 heteroatoms. The lowest BCUT2D eigenvalue weighted by molar-refractivity contribution is -0.156. The molecular weight excluding hydrogens is 454 g/mol. The number of nitrogens with two attached hydrogens (primary N) is 1. The van der Waals surface area contributed by atoms with Crippen LogP contribution in [0.25, 0.3) is 0 Å². The monoisotopic (exact) mass is 481 g/mol. The molecule has 0 radical (unpaired) electrons. The van der Waals surface area contributed by atoms with Gasteiger partial charge in [0, 0.05) is 26.5 Å². The molecule has 34 heavy (non-hydrogen) atoms. The Labute approximate surface area is 201 Å². The Morgan fingerprint density at radius 1 is 1.32 bits per heavy atom. The van der Waals surface area contributed by atoms with Crippen LogP contribution in [0.1, 0.15) is 30.6 Å². The Hall–Kier alpha value is -3.73. The molecular formula is C23H27N7O3S. The van der Waals surface area contributed by atoms with Gasteiger partial charge in [-0.15, -0.1) is 11.3 Å². The van der Waals surface area contributed by atoms with Gasteiger partial charge < -0.3 is 16.0 Å². The topological polar surface area (TPSA) is 126 Å². The predicted octanol–water partition coefficient (Wildman–Crippen LogP) is 2.35. The minimum absolute atomic E-state index is 0.279. The number of imide groups is 1. The van der Waals surface area contributed by atoms with Crippen molar-refractivity contribution < 1.29 is 14.4 Å². The molecule has 4 amide bonds. The van der Waals surface area contributed by atoms with Gasteiger partial charge in [-0.2, -0.15) is 5.10 Å². The van der Waals surface area contributed by atoms with E-state index in [0.717, 1.165) is 15.5 Å². The van der Waals surface area contributed by atoms with E-state index in [-0.39, 0.29) is 18.4 Å². The lowest BCUT2D eigenvalue weighted by Gasteiger charge is -2.45. The zero-order chi connectivity index (χ0) is 24.4. The maximum Gasteiger partial charge on any atom is 0.325 e. The minimum Gasteiger partial charge on any atom is -0.384 e. The number of amides is 4. The highest BCUT2D eigenvalue weighted by atomic mass is 32.1. The number of aryl methyl sites for hydroxylation is 1. The molecule has 3 N–H and O–H groups in total. The Kier molecular flexibility index (Phi) is 6.64. The van der Waals surface area contributed by atoms with Gasteiger partial charge >= 0.3 is 6.03 Å². The number of carbonyl (C=O) groups is 3. The van der Waals surface area contributed by atoms with E-state index < -0.39 is 23.9 Å². The number of nitrogens with one attached hydrogen (secondary N) is 1. The molecule has 3 atom stereocenters. The van der Waals surface area contributed by atoms with Crippen molar-refractivity contribution in [2.24, 2.45) is 13.0 Å². The van der Waals surface area contributed by atoms with Crippen molar-refractivity contribution >= 4 is 40.0 Å². The van der Waals surface area contributed by atoms with Crippen molar-refractivity contribution in [1.82, 2.24) is 25.0 Å². The van der Waals surface area contributed by atoms with Crippen LogP contribution in [0.3, 0.4) is 0 Å². The second-order valence-electron chi connectivity index (χ2n) is 8.23. The Balaban J connectivity index is 1.58. The average molecular weight is 482 g/mol. The van der Waals surface area contributed by atoms with Crippen LogP contribution in [-0.2, 0) is 23.1 Å². The summed E-state index contributed by atoms with van der Waals surface area (Å²) in [4.78, 5) is 46.4. The Morgan fingerprint density at radius 3 is 2.74 bits per heavy atom. The van der Waals surface area contributed by atoms with Crippen molar-refractivity contribution in [3.63, 3.8) is 0 Å². The number of pyridine rings is 1. The fourth-order valence-electron chi connectivity index (χ4n) is 4.12. The fraction of sp³-hybridized carbons (Fsp3) is 0.348. The number of anilines is 2. The van der Waals surface area contributed by atoms with Crippen molar-refractivity contribution in [1.29, 1.82) is 0 Å². The molecule has 0 spiro atoms. The number of aromatic nitrogens is 3. The van der Waals surface area contributed by atoms with E-state index in [1.165, 1.54) is 16.2 Å². The lowest BCUT2D eigenvalue weighted by atomic mass is 9.81. The zero-order valence-corrected chi connectivity index (χ0v) is 20.0. The average Bonchev–Trinajstić information content (AvgIpc) is 3.50. The maximum atomic E-state index is 13.5. The summed E-state index contributed by atoms with van der Waals surface area (Å²) in [6.45, 7) is 1.92. The maximum absolute atomic E-state index is 13.5. The summed E-state index contributed by atoms with van der Waals surface area (Å²) in [5.74, 6) is -1.08. The highest BCUT2D eigenvalue weighted by Crippen LogP contribution is 2.34. The van der Waals surface area contributed by atoms with Crippen molar-refractivity contribution in [2.45, 2.75) is 31.8 Å². The van der Waals surface area contributed by atoms with Crippen LogP contribution in [0.15, 0.2) is 48.1 Å². The molecule has 3 aromatic heterocycles. The Bertz CT molecular complexity index is 1190. The summed E-state index contributed by atoms with van der Waals surface area (Å²) in [5, 5.41) is 9.83. The van der Waals surface area contributed by atoms with E-state index in [2.05, 4.69) is 15.4 Å². The summed E-state index contributed by atoms with van der Waals surface area (Å²) in [6, 6.07) is 6.99. The molecule has 0 saturated carbocycles. The van der Waals surface area contributed by atoms with E-state index in [4.69, 9.17) is 5.73 Å². The van der Waals surface area contributed by atoms with Gasteiger partial charge in [0.15, 0.2) is 0 Å². The number of carbonyl (C=O) groups excluding carboxylic acids is 3. The molecule has 4 heterocycles. The number of nitrogens with zero attached hydrogens (tertiary/aromatic N) is 5. The third-order valence-corrected chi connectivity index (χ3v) is 6.90. The second kappa shape index (κ2) is 9.64. The lowest BCUT2D eigenvalue weighted by Crippen LogP contribution is -2.70. The molecule has 1 fully saturated rings. The number of likely N-dealkylation sites (N-methyl/N-ethyl adjacent to an activating group) is 1. The molecule has 0 aromatic carbocycles. The van der Waals surface area contributed by atoms with E-state index in [1.807, 2.05) is 30.5 Å². The summed E-state index contributed by atoms with van der Waals surface area (Å²) < 4.78 is 1.65. The molecule has 1 aliphatic rings. The fourth-order valence-corrected chi connectivity index (χ4v) is 4.82.